The van der Waals surface area contributed by atoms with Gasteiger partial charge in [-0.05, 0) is 61.1 Å². The van der Waals surface area contributed by atoms with E-state index in [9.17, 15) is 5.11 Å². The minimum Gasteiger partial charge on any atom is -0.481 e. The molecule has 0 spiro atoms. The molecule has 0 aliphatic carbocycles. The van der Waals surface area contributed by atoms with Crippen LogP contribution in [0.15, 0.2) is 48.5 Å². The molecule has 0 fully saturated rings. The van der Waals surface area contributed by atoms with Gasteiger partial charge in [-0.2, -0.15) is 0 Å². The maximum Gasteiger partial charge on any atom is 0.149 e. The summed E-state index contributed by atoms with van der Waals surface area (Å²) in [7, 11) is 0. The van der Waals surface area contributed by atoms with E-state index in [1.807, 2.05) is 50.2 Å². The lowest BCUT2D eigenvalue weighted by atomic mass is 9.99. The van der Waals surface area contributed by atoms with Crippen LogP contribution in [0.5, 0.6) is 5.75 Å². The highest BCUT2D eigenvalue weighted by molar-refractivity contribution is 5.36. The molecule has 0 aliphatic rings. The predicted molar refractivity (Wildman–Crippen MR) is 97.7 cm³/mol. The fourth-order valence-electron chi connectivity index (χ4n) is 2.28. The zero-order chi connectivity index (χ0) is 17.4. The number of aliphatic hydroxyl groups is 1. The molecule has 2 aromatic carbocycles. The quantitative estimate of drug-likeness (QED) is 0.634. The molecular weight excluding hydrogens is 298 g/mol. The molecule has 126 valence electrons. The molecule has 0 aliphatic heterocycles. The van der Waals surface area contributed by atoms with E-state index in [0.717, 1.165) is 24.2 Å². The van der Waals surface area contributed by atoms with Crippen molar-refractivity contribution in [2.75, 3.05) is 6.61 Å². The molecule has 0 saturated heterocycles. The second-order valence-corrected chi connectivity index (χ2v) is 6.11. The molecule has 0 bridgehead atoms. The van der Waals surface area contributed by atoms with E-state index in [-0.39, 0.29) is 5.92 Å². The van der Waals surface area contributed by atoms with Crippen LogP contribution in [0.25, 0.3) is 0 Å². The number of hydrogen-bond donors (Lipinski definition) is 2. The Hall–Kier alpha value is -2.28. The van der Waals surface area contributed by atoms with Crippen LogP contribution < -0.4 is 10.5 Å². The minimum atomic E-state index is -0.747. The van der Waals surface area contributed by atoms with Gasteiger partial charge in [0.1, 0.15) is 18.6 Å². The number of rotatable bonds is 6. The SMILES string of the molecule is Cc1cccc(OCC#Cc2ccc(CC[C@@H](C)C(N)O)cc2)c1. The van der Waals surface area contributed by atoms with Crippen LogP contribution in [0.3, 0.4) is 0 Å². The van der Waals surface area contributed by atoms with Gasteiger partial charge in [0.15, 0.2) is 0 Å². The normalized spacial score (nSPS) is 12.8. The van der Waals surface area contributed by atoms with Crippen molar-refractivity contribution in [2.24, 2.45) is 11.7 Å². The summed E-state index contributed by atoms with van der Waals surface area (Å²) in [5, 5.41) is 9.31. The van der Waals surface area contributed by atoms with E-state index in [4.69, 9.17) is 10.5 Å². The summed E-state index contributed by atoms with van der Waals surface area (Å²) in [4.78, 5) is 0. The summed E-state index contributed by atoms with van der Waals surface area (Å²) in [5.41, 5.74) is 8.84. The Morgan fingerprint density at radius 1 is 1.17 bits per heavy atom. The lowest BCUT2D eigenvalue weighted by molar-refractivity contribution is 0.118. The summed E-state index contributed by atoms with van der Waals surface area (Å²) in [6, 6.07) is 16.1. The van der Waals surface area contributed by atoms with Gasteiger partial charge in [-0.25, -0.2) is 0 Å². The molecule has 0 aromatic heterocycles. The van der Waals surface area contributed by atoms with Crippen LogP contribution in [0.4, 0.5) is 0 Å². The van der Waals surface area contributed by atoms with E-state index in [1.54, 1.807) is 0 Å². The van der Waals surface area contributed by atoms with Crippen LogP contribution in [-0.4, -0.2) is 17.9 Å². The van der Waals surface area contributed by atoms with Crippen molar-refractivity contribution in [1.29, 1.82) is 0 Å². The van der Waals surface area contributed by atoms with E-state index < -0.39 is 6.23 Å². The van der Waals surface area contributed by atoms with Gasteiger partial charge in [-0.15, -0.1) is 0 Å². The van der Waals surface area contributed by atoms with Crippen LogP contribution in [0.1, 0.15) is 30.0 Å². The predicted octanol–water partition coefficient (Wildman–Crippen LogP) is 3.27. The zero-order valence-corrected chi connectivity index (χ0v) is 14.3. The third kappa shape index (κ3) is 6.08. The van der Waals surface area contributed by atoms with Crippen LogP contribution in [0.2, 0.25) is 0 Å². The number of benzene rings is 2. The van der Waals surface area contributed by atoms with E-state index in [1.165, 1.54) is 11.1 Å². The van der Waals surface area contributed by atoms with Gasteiger partial charge < -0.3 is 15.6 Å². The van der Waals surface area contributed by atoms with Crippen molar-refractivity contribution in [2.45, 2.75) is 32.9 Å². The molecule has 2 aromatic rings. The largest absolute Gasteiger partial charge is 0.481 e. The summed E-state index contributed by atoms with van der Waals surface area (Å²) in [6.07, 6.45) is 1.02. The number of aliphatic hydroxyl groups excluding tert-OH is 1. The zero-order valence-electron chi connectivity index (χ0n) is 14.3. The first-order valence-corrected chi connectivity index (χ1v) is 8.25. The molecule has 3 N–H and O–H groups in total. The Labute approximate surface area is 144 Å². The first kappa shape index (κ1) is 18.1. The smallest absolute Gasteiger partial charge is 0.149 e. The van der Waals surface area contributed by atoms with E-state index in [0.29, 0.717) is 6.61 Å². The number of hydrogen-bond acceptors (Lipinski definition) is 3. The molecule has 0 radical (unpaired) electrons. The van der Waals surface area contributed by atoms with Gasteiger partial charge >= 0.3 is 0 Å². The van der Waals surface area contributed by atoms with Crippen LogP contribution in [-0.2, 0) is 6.42 Å². The molecule has 3 heteroatoms. The topological polar surface area (TPSA) is 55.5 Å². The van der Waals surface area contributed by atoms with Gasteiger partial charge in [0.25, 0.3) is 0 Å². The highest BCUT2D eigenvalue weighted by Gasteiger charge is 2.08. The highest BCUT2D eigenvalue weighted by atomic mass is 16.5. The van der Waals surface area contributed by atoms with Gasteiger partial charge in [0, 0.05) is 5.56 Å². The first-order chi connectivity index (χ1) is 11.5. The second-order valence-electron chi connectivity index (χ2n) is 6.11. The molecule has 2 atom stereocenters. The van der Waals surface area contributed by atoms with Crippen molar-refractivity contribution in [3.63, 3.8) is 0 Å². The molecule has 2 rings (SSSR count). The van der Waals surface area contributed by atoms with Crippen molar-refractivity contribution in [1.82, 2.24) is 0 Å². The number of aryl methyl sites for hydroxylation is 2. The Balaban J connectivity index is 1.81. The Morgan fingerprint density at radius 3 is 2.58 bits per heavy atom. The van der Waals surface area contributed by atoms with Crippen molar-refractivity contribution in [3.05, 3.63) is 65.2 Å². The fraction of sp³-hybridized carbons (Fsp3) is 0.333. The Bertz CT molecular complexity index is 696. The van der Waals surface area contributed by atoms with Gasteiger partial charge in [0.05, 0.1) is 0 Å². The maximum absolute atomic E-state index is 9.31. The summed E-state index contributed by atoms with van der Waals surface area (Å²) in [5.74, 6) is 7.08. The molecule has 0 saturated carbocycles. The van der Waals surface area contributed by atoms with Crippen molar-refractivity contribution >= 4 is 0 Å². The van der Waals surface area contributed by atoms with Gasteiger partial charge in [-0.3, -0.25) is 0 Å². The van der Waals surface area contributed by atoms with Gasteiger partial charge in [-0.1, -0.05) is 43.0 Å². The Morgan fingerprint density at radius 2 is 1.92 bits per heavy atom. The second kappa shape index (κ2) is 9.12. The molecule has 24 heavy (non-hydrogen) atoms. The Kier molecular flexibility index (Phi) is 6.87. The molecule has 3 nitrogen and oxygen atoms in total. The monoisotopic (exact) mass is 323 g/mol. The molecule has 0 amide bonds. The minimum absolute atomic E-state index is 0.100. The fourth-order valence-corrected chi connectivity index (χ4v) is 2.28. The lowest BCUT2D eigenvalue weighted by Crippen LogP contribution is -2.27. The van der Waals surface area contributed by atoms with Gasteiger partial charge in [0.2, 0.25) is 0 Å². The van der Waals surface area contributed by atoms with Crippen molar-refractivity contribution in [3.8, 4) is 17.6 Å². The summed E-state index contributed by atoms with van der Waals surface area (Å²) >= 11 is 0. The molecule has 0 heterocycles. The average Bonchev–Trinajstić information content (AvgIpc) is 2.57. The number of ether oxygens (including phenoxy) is 1. The van der Waals surface area contributed by atoms with Crippen LogP contribution >= 0.6 is 0 Å². The van der Waals surface area contributed by atoms with Crippen molar-refractivity contribution < 1.29 is 9.84 Å². The molecular formula is C21H25NO2. The first-order valence-electron chi connectivity index (χ1n) is 8.25. The molecule has 1 unspecified atom stereocenters. The number of nitrogens with two attached hydrogens (primary N) is 1. The third-order valence-electron chi connectivity index (χ3n) is 3.96. The third-order valence-corrected chi connectivity index (χ3v) is 3.96. The van der Waals surface area contributed by atoms with E-state index in [2.05, 4.69) is 24.0 Å². The van der Waals surface area contributed by atoms with E-state index >= 15 is 0 Å². The maximum atomic E-state index is 9.31. The average molecular weight is 323 g/mol. The standard InChI is InChI=1S/C21H25NO2/c1-16-5-3-7-20(15-16)24-14-4-6-18-10-12-19(13-11-18)9-8-17(2)21(22)23/h3,5,7,10-13,15,17,21,23H,8-9,14,22H2,1-2H3/t17-,21?/m1/s1. The highest BCUT2D eigenvalue weighted by Crippen LogP contribution is 2.13. The van der Waals surface area contributed by atoms with Crippen LogP contribution in [0, 0.1) is 24.7 Å². The summed E-state index contributed by atoms with van der Waals surface area (Å²) in [6.45, 7) is 4.37. The lowest BCUT2D eigenvalue weighted by Gasteiger charge is -2.13. The summed E-state index contributed by atoms with van der Waals surface area (Å²) < 4.78 is 5.61.